The Morgan fingerprint density at radius 2 is 1.93 bits per heavy atom. The van der Waals surface area contributed by atoms with E-state index in [1.165, 1.54) is 0 Å². The molecule has 82 valence electrons. The lowest BCUT2D eigenvalue weighted by Gasteiger charge is -2.18. The lowest BCUT2D eigenvalue weighted by Crippen LogP contribution is -2.41. The summed E-state index contributed by atoms with van der Waals surface area (Å²) in [5.41, 5.74) is 5.04. The minimum absolute atomic E-state index is 0.139. The third kappa shape index (κ3) is 5.70. The molecular weight excluding hydrogens is 180 g/mol. The van der Waals surface area contributed by atoms with Crippen LogP contribution < -0.4 is 11.1 Å². The van der Waals surface area contributed by atoms with E-state index in [2.05, 4.69) is 5.32 Å². The van der Waals surface area contributed by atoms with Crippen LogP contribution in [0.5, 0.6) is 0 Å². The van der Waals surface area contributed by atoms with Gasteiger partial charge in [-0.2, -0.15) is 0 Å². The Balaban J connectivity index is 4.10. The van der Waals surface area contributed by atoms with Gasteiger partial charge in [0.2, 0.25) is 5.91 Å². The third-order valence-electron chi connectivity index (χ3n) is 1.95. The van der Waals surface area contributed by atoms with Gasteiger partial charge in [-0.05, 0) is 6.42 Å². The molecule has 0 aromatic carbocycles. The molecule has 3 N–H and O–H groups in total. The van der Waals surface area contributed by atoms with Gasteiger partial charge >= 0.3 is 0 Å². The molecule has 1 amide bonds. The van der Waals surface area contributed by atoms with Crippen molar-refractivity contribution in [1.82, 2.24) is 5.32 Å². The highest BCUT2D eigenvalue weighted by molar-refractivity contribution is 5.84. The molecule has 0 rings (SSSR count). The zero-order chi connectivity index (χ0) is 11.1. The molecule has 0 aliphatic carbocycles. The summed E-state index contributed by atoms with van der Waals surface area (Å²) in [5.74, 6) is -0.218. The Labute approximate surface area is 85.2 Å². The summed E-state index contributed by atoms with van der Waals surface area (Å²) in [5, 5.41) is 3.13. The summed E-state index contributed by atoms with van der Waals surface area (Å²) >= 11 is 0. The van der Waals surface area contributed by atoms with Gasteiger partial charge in [-0.15, -0.1) is 0 Å². The van der Waals surface area contributed by atoms with Crippen LogP contribution >= 0.6 is 0 Å². The second-order valence-corrected chi connectivity index (χ2v) is 3.70. The van der Waals surface area contributed by atoms with Crippen LogP contribution in [0.15, 0.2) is 0 Å². The first kappa shape index (κ1) is 13.1. The molecule has 4 nitrogen and oxygen atoms in total. The van der Waals surface area contributed by atoms with Gasteiger partial charge in [0.1, 0.15) is 5.78 Å². The smallest absolute Gasteiger partial charge is 0.217 e. The average Bonchev–Trinajstić information content (AvgIpc) is 2.10. The van der Waals surface area contributed by atoms with E-state index in [4.69, 9.17) is 5.73 Å². The molecule has 0 unspecified atom stereocenters. The largest absolute Gasteiger partial charge is 0.370 e. The standard InChI is InChI=1S/C10H20N2O2/c1-4-9(13)8(12-7(2)3)5-6-10(11)14/h7-8,12H,4-6H2,1-3H3,(H2,11,14)/t8-/m0/s1. The van der Waals surface area contributed by atoms with E-state index in [9.17, 15) is 9.59 Å². The van der Waals surface area contributed by atoms with E-state index < -0.39 is 0 Å². The van der Waals surface area contributed by atoms with Gasteiger partial charge < -0.3 is 11.1 Å². The summed E-state index contributed by atoms with van der Waals surface area (Å²) in [6, 6.07) is 0.0101. The number of nitrogens with two attached hydrogens (primary N) is 1. The van der Waals surface area contributed by atoms with Crippen molar-refractivity contribution in [2.24, 2.45) is 5.73 Å². The van der Waals surface area contributed by atoms with E-state index in [1.807, 2.05) is 20.8 Å². The molecule has 0 radical (unpaired) electrons. The summed E-state index contributed by atoms with van der Waals surface area (Å²) in [4.78, 5) is 22.0. The van der Waals surface area contributed by atoms with Gasteiger partial charge in [-0.25, -0.2) is 0 Å². The number of nitrogens with one attached hydrogen (secondary N) is 1. The Hall–Kier alpha value is -0.900. The van der Waals surface area contributed by atoms with E-state index in [0.717, 1.165) is 0 Å². The van der Waals surface area contributed by atoms with Crippen molar-refractivity contribution in [1.29, 1.82) is 0 Å². The highest BCUT2D eigenvalue weighted by Gasteiger charge is 2.17. The quantitative estimate of drug-likeness (QED) is 0.632. The fourth-order valence-electron chi connectivity index (χ4n) is 1.27. The van der Waals surface area contributed by atoms with Crippen LogP contribution in [0.2, 0.25) is 0 Å². The van der Waals surface area contributed by atoms with Crippen molar-refractivity contribution in [2.45, 2.75) is 52.1 Å². The van der Waals surface area contributed by atoms with Crippen molar-refractivity contribution in [3.05, 3.63) is 0 Å². The van der Waals surface area contributed by atoms with Crippen molar-refractivity contribution >= 4 is 11.7 Å². The van der Waals surface area contributed by atoms with E-state index in [0.29, 0.717) is 12.8 Å². The second-order valence-electron chi connectivity index (χ2n) is 3.70. The molecule has 4 heteroatoms. The maximum Gasteiger partial charge on any atom is 0.217 e. The van der Waals surface area contributed by atoms with Gasteiger partial charge in [0.25, 0.3) is 0 Å². The molecule has 0 aromatic rings. The number of Topliss-reactive ketones (excluding diaryl/α,β-unsaturated/α-hetero) is 1. The van der Waals surface area contributed by atoms with E-state index in [1.54, 1.807) is 0 Å². The van der Waals surface area contributed by atoms with Gasteiger partial charge in [0, 0.05) is 18.9 Å². The monoisotopic (exact) mass is 200 g/mol. The number of hydrogen-bond donors (Lipinski definition) is 2. The van der Waals surface area contributed by atoms with Crippen molar-refractivity contribution in [3.8, 4) is 0 Å². The first-order chi connectivity index (χ1) is 6.47. The molecule has 0 bridgehead atoms. The third-order valence-corrected chi connectivity index (χ3v) is 1.95. The van der Waals surface area contributed by atoms with E-state index >= 15 is 0 Å². The highest BCUT2D eigenvalue weighted by atomic mass is 16.1. The molecule has 1 atom stereocenters. The zero-order valence-corrected chi connectivity index (χ0v) is 9.17. The fourth-order valence-corrected chi connectivity index (χ4v) is 1.27. The second kappa shape index (κ2) is 6.54. The van der Waals surface area contributed by atoms with Crippen LogP contribution in [0, 0.1) is 0 Å². The molecule has 0 spiro atoms. The van der Waals surface area contributed by atoms with Crippen LogP contribution in [0.1, 0.15) is 40.0 Å². The lowest BCUT2D eigenvalue weighted by molar-refractivity contribution is -0.121. The number of amides is 1. The molecule has 0 saturated carbocycles. The first-order valence-electron chi connectivity index (χ1n) is 5.04. The Morgan fingerprint density at radius 3 is 2.29 bits per heavy atom. The minimum Gasteiger partial charge on any atom is -0.370 e. The number of primary amides is 1. The summed E-state index contributed by atoms with van der Waals surface area (Å²) in [6.07, 6.45) is 1.25. The van der Waals surface area contributed by atoms with Gasteiger partial charge in [-0.1, -0.05) is 20.8 Å². The van der Waals surface area contributed by atoms with Crippen LogP contribution in [0.25, 0.3) is 0 Å². The summed E-state index contributed by atoms with van der Waals surface area (Å²) < 4.78 is 0. The van der Waals surface area contributed by atoms with Crippen molar-refractivity contribution < 1.29 is 9.59 Å². The number of carbonyl (C=O) groups is 2. The SMILES string of the molecule is CCC(=O)[C@H](CCC(N)=O)NC(C)C. The molecule has 0 aromatic heterocycles. The molecular formula is C10H20N2O2. The van der Waals surface area contributed by atoms with Gasteiger partial charge in [-0.3, -0.25) is 9.59 Å². The predicted molar refractivity (Wildman–Crippen MR) is 55.8 cm³/mol. The zero-order valence-electron chi connectivity index (χ0n) is 9.17. The maximum absolute atomic E-state index is 11.4. The fraction of sp³-hybridized carbons (Fsp3) is 0.800. The predicted octanol–water partition coefficient (Wildman–Crippen LogP) is 0.598. The average molecular weight is 200 g/mol. The number of ketones is 1. The van der Waals surface area contributed by atoms with Crippen LogP contribution in [-0.4, -0.2) is 23.8 Å². The molecule has 0 aliphatic rings. The lowest BCUT2D eigenvalue weighted by atomic mass is 10.0. The van der Waals surface area contributed by atoms with Gasteiger partial charge in [0.15, 0.2) is 0 Å². The van der Waals surface area contributed by atoms with Crippen LogP contribution in [-0.2, 0) is 9.59 Å². The van der Waals surface area contributed by atoms with Crippen LogP contribution in [0.4, 0.5) is 0 Å². The summed E-state index contributed by atoms with van der Waals surface area (Å²) in [6.45, 7) is 5.77. The summed E-state index contributed by atoms with van der Waals surface area (Å²) in [7, 11) is 0. The molecule has 14 heavy (non-hydrogen) atoms. The maximum atomic E-state index is 11.4. The molecule has 0 heterocycles. The Bertz CT molecular complexity index is 202. The highest BCUT2D eigenvalue weighted by Crippen LogP contribution is 2.02. The minimum atomic E-state index is -0.357. The number of hydrogen-bond acceptors (Lipinski definition) is 3. The topological polar surface area (TPSA) is 72.2 Å². The molecule has 0 aliphatic heterocycles. The Morgan fingerprint density at radius 1 is 1.36 bits per heavy atom. The molecule has 0 fully saturated rings. The first-order valence-corrected chi connectivity index (χ1v) is 5.04. The number of carbonyl (C=O) groups excluding carboxylic acids is 2. The number of rotatable bonds is 7. The van der Waals surface area contributed by atoms with Crippen LogP contribution in [0.3, 0.4) is 0 Å². The van der Waals surface area contributed by atoms with Crippen molar-refractivity contribution in [3.63, 3.8) is 0 Å². The van der Waals surface area contributed by atoms with Gasteiger partial charge in [0.05, 0.1) is 6.04 Å². The van der Waals surface area contributed by atoms with E-state index in [-0.39, 0.29) is 30.2 Å². The van der Waals surface area contributed by atoms with Crippen molar-refractivity contribution in [2.75, 3.05) is 0 Å². The molecule has 0 saturated heterocycles. The Kier molecular flexibility index (Phi) is 6.12. The normalized spacial score (nSPS) is 12.9.